The molecule has 0 radical (unpaired) electrons. The summed E-state index contributed by atoms with van der Waals surface area (Å²) in [5, 5.41) is 5.47. The standard InChI is InChI=1S/C9H11N3/c1-6-8-4-3-7(10)5-9(8)12(2)11-6/h3-5H,10H2,1-2H3. The van der Waals surface area contributed by atoms with Crippen molar-refractivity contribution in [1.29, 1.82) is 0 Å². The molecule has 1 aromatic heterocycles. The van der Waals surface area contributed by atoms with Crippen LogP contribution in [0.3, 0.4) is 0 Å². The summed E-state index contributed by atoms with van der Waals surface area (Å²) < 4.78 is 1.85. The summed E-state index contributed by atoms with van der Waals surface area (Å²) in [6.07, 6.45) is 0. The first-order chi connectivity index (χ1) is 5.68. The molecule has 62 valence electrons. The van der Waals surface area contributed by atoms with Crippen LogP contribution in [0.1, 0.15) is 5.69 Å². The fraction of sp³-hybridized carbons (Fsp3) is 0.222. The van der Waals surface area contributed by atoms with Crippen molar-refractivity contribution in [2.45, 2.75) is 6.92 Å². The van der Waals surface area contributed by atoms with E-state index in [0.29, 0.717) is 0 Å². The highest BCUT2D eigenvalue weighted by molar-refractivity contribution is 5.84. The summed E-state index contributed by atoms with van der Waals surface area (Å²) in [5.41, 5.74) is 8.58. The van der Waals surface area contributed by atoms with Crippen molar-refractivity contribution in [3.63, 3.8) is 0 Å². The second-order valence-corrected chi connectivity index (χ2v) is 2.99. The van der Waals surface area contributed by atoms with E-state index in [1.165, 1.54) is 5.39 Å². The minimum atomic E-state index is 0.783. The lowest BCUT2D eigenvalue weighted by Gasteiger charge is -1.94. The minimum absolute atomic E-state index is 0.783. The summed E-state index contributed by atoms with van der Waals surface area (Å²) in [6, 6.07) is 5.85. The fourth-order valence-corrected chi connectivity index (χ4v) is 1.46. The highest BCUT2D eigenvalue weighted by atomic mass is 15.3. The van der Waals surface area contributed by atoms with Gasteiger partial charge in [0, 0.05) is 18.1 Å². The predicted octanol–water partition coefficient (Wildman–Crippen LogP) is 1.46. The Morgan fingerprint density at radius 2 is 2.17 bits per heavy atom. The van der Waals surface area contributed by atoms with Crippen LogP contribution in [-0.4, -0.2) is 9.78 Å². The molecule has 2 N–H and O–H groups in total. The molecule has 0 spiro atoms. The monoisotopic (exact) mass is 161 g/mol. The van der Waals surface area contributed by atoms with E-state index in [4.69, 9.17) is 5.73 Å². The Morgan fingerprint density at radius 3 is 2.92 bits per heavy atom. The third-order valence-electron chi connectivity index (χ3n) is 2.06. The normalized spacial score (nSPS) is 10.8. The van der Waals surface area contributed by atoms with Crippen LogP contribution in [0.4, 0.5) is 5.69 Å². The zero-order valence-corrected chi connectivity index (χ0v) is 7.20. The summed E-state index contributed by atoms with van der Waals surface area (Å²) in [4.78, 5) is 0. The first kappa shape index (κ1) is 7.16. The number of hydrogen-bond donors (Lipinski definition) is 1. The molecule has 0 bridgehead atoms. The Hall–Kier alpha value is -1.51. The number of benzene rings is 1. The van der Waals surface area contributed by atoms with E-state index in [2.05, 4.69) is 5.10 Å². The van der Waals surface area contributed by atoms with Gasteiger partial charge in [0.25, 0.3) is 0 Å². The van der Waals surface area contributed by atoms with Gasteiger partial charge in [-0.15, -0.1) is 0 Å². The van der Waals surface area contributed by atoms with Gasteiger partial charge in [0.15, 0.2) is 0 Å². The van der Waals surface area contributed by atoms with E-state index in [0.717, 1.165) is 16.9 Å². The van der Waals surface area contributed by atoms with Crippen molar-refractivity contribution >= 4 is 16.6 Å². The van der Waals surface area contributed by atoms with Crippen LogP contribution < -0.4 is 5.73 Å². The van der Waals surface area contributed by atoms with Crippen LogP contribution in [0.25, 0.3) is 10.9 Å². The molecule has 0 amide bonds. The quantitative estimate of drug-likeness (QED) is 0.594. The molecule has 0 fully saturated rings. The van der Waals surface area contributed by atoms with Crippen LogP contribution in [0, 0.1) is 6.92 Å². The van der Waals surface area contributed by atoms with Crippen LogP contribution >= 0.6 is 0 Å². The van der Waals surface area contributed by atoms with Gasteiger partial charge < -0.3 is 5.73 Å². The van der Waals surface area contributed by atoms with Crippen molar-refractivity contribution in [3.8, 4) is 0 Å². The Bertz CT molecular complexity index is 429. The van der Waals surface area contributed by atoms with E-state index in [-0.39, 0.29) is 0 Å². The Balaban J connectivity index is 2.90. The molecule has 0 aliphatic heterocycles. The molecule has 2 rings (SSSR count). The topological polar surface area (TPSA) is 43.8 Å². The number of nitrogen functional groups attached to an aromatic ring is 1. The van der Waals surface area contributed by atoms with E-state index < -0.39 is 0 Å². The number of anilines is 1. The predicted molar refractivity (Wildman–Crippen MR) is 49.9 cm³/mol. The first-order valence-electron chi connectivity index (χ1n) is 3.87. The number of nitrogens with two attached hydrogens (primary N) is 1. The average Bonchev–Trinajstić information content (AvgIpc) is 2.28. The maximum absolute atomic E-state index is 5.66. The average molecular weight is 161 g/mol. The maximum atomic E-state index is 5.66. The summed E-state index contributed by atoms with van der Waals surface area (Å²) in [7, 11) is 1.93. The molecule has 0 aliphatic rings. The number of fused-ring (bicyclic) bond motifs is 1. The van der Waals surface area contributed by atoms with E-state index in [9.17, 15) is 0 Å². The van der Waals surface area contributed by atoms with Gasteiger partial charge in [-0.2, -0.15) is 5.10 Å². The molecule has 2 aromatic rings. The SMILES string of the molecule is Cc1nn(C)c2cc(N)ccc12. The van der Waals surface area contributed by atoms with Crippen LogP contribution in [0.2, 0.25) is 0 Å². The second kappa shape index (κ2) is 2.24. The molecule has 1 heterocycles. The zero-order chi connectivity index (χ0) is 8.72. The van der Waals surface area contributed by atoms with Gasteiger partial charge in [-0.3, -0.25) is 4.68 Å². The third-order valence-corrected chi connectivity index (χ3v) is 2.06. The molecular formula is C9H11N3. The Morgan fingerprint density at radius 1 is 1.42 bits per heavy atom. The molecular weight excluding hydrogens is 150 g/mol. The fourth-order valence-electron chi connectivity index (χ4n) is 1.46. The van der Waals surface area contributed by atoms with Gasteiger partial charge in [-0.25, -0.2) is 0 Å². The van der Waals surface area contributed by atoms with Crippen molar-refractivity contribution in [1.82, 2.24) is 9.78 Å². The lowest BCUT2D eigenvalue weighted by Crippen LogP contribution is -1.90. The van der Waals surface area contributed by atoms with Gasteiger partial charge >= 0.3 is 0 Å². The molecule has 0 aliphatic carbocycles. The van der Waals surface area contributed by atoms with Gasteiger partial charge in [-0.1, -0.05) is 0 Å². The molecule has 12 heavy (non-hydrogen) atoms. The maximum Gasteiger partial charge on any atom is 0.0702 e. The summed E-state index contributed by atoms with van der Waals surface area (Å²) in [6.45, 7) is 2.00. The van der Waals surface area contributed by atoms with Crippen molar-refractivity contribution in [2.24, 2.45) is 7.05 Å². The minimum Gasteiger partial charge on any atom is -0.399 e. The van der Waals surface area contributed by atoms with Gasteiger partial charge in [0.05, 0.1) is 11.2 Å². The molecule has 1 aromatic carbocycles. The highest BCUT2D eigenvalue weighted by Crippen LogP contribution is 2.19. The van der Waals surface area contributed by atoms with Gasteiger partial charge in [-0.05, 0) is 25.1 Å². The lowest BCUT2D eigenvalue weighted by molar-refractivity contribution is 0.783. The lowest BCUT2D eigenvalue weighted by atomic mass is 10.2. The van der Waals surface area contributed by atoms with Crippen molar-refractivity contribution in [2.75, 3.05) is 5.73 Å². The van der Waals surface area contributed by atoms with Crippen LogP contribution in [0.15, 0.2) is 18.2 Å². The number of nitrogens with zero attached hydrogens (tertiary/aromatic N) is 2. The van der Waals surface area contributed by atoms with Crippen molar-refractivity contribution < 1.29 is 0 Å². The summed E-state index contributed by atoms with van der Waals surface area (Å²) in [5.74, 6) is 0. The molecule has 3 nitrogen and oxygen atoms in total. The number of hydrogen-bond acceptors (Lipinski definition) is 2. The number of aromatic nitrogens is 2. The van der Waals surface area contributed by atoms with E-state index in [1.807, 2.05) is 36.9 Å². The van der Waals surface area contributed by atoms with Gasteiger partial charge in [0.2, 0.25) is 0 Å². The molecule has 3 heteroatoms. The first-order valence-corrected chi connectivity index (χ1v) is 3.87. The molecule has 0 saturated heterocycles. The van der Waals surface area contributed by atoms with Crippen LogP contribution in [0.5, 0.6) is 0 Å². The molecule has 0 saturated carbocycles. The van der Waals surface area contributed by atoms with Crippen molar-refractivity contribution in [3.05, 3.63) is 23.9 Å². The smallest absolute Gasteiger partial charge is 0.0702 e. The number of rotatable bonds is 0. The third kappa shape index (κ3) is 0.863. The zero-order valence-electron chi connectivity index (χ0n) is 7.20. The Kier molecular flexibility index (Phi) is 1.33. The van der Waals surface area contributed by atoms with E-state index in [1.54, 1.807) is 0 Å². The highest BCUT2D eigenvalue weighted by Gasteiger charge is 2.03. The van der Waals surface area contributed by atoms with Crippen LogP contribution in [-0.2, 0) is 7.05 Å². The second-order valence-electron chi connectivity index (χ2n) is 2.99. The molecule has 0 atom stereocenters. The largest absolute Gasteiger partial charge is 0.399 e. The Labute approximate surface area is 70.8 Å². The van der Waals surface area contributed by atoms with E-state index >= 15 is 0 Å². The number of aryl methyl sites for hydroxylation is 2. The summed E-state index contributed by atoms with van der Waals surface area (Å²) >= 11 is 0. The van der Waals surface area contributed by atoms with Gasteiger partial charge in [0.1, 0.15) is 0 Å². The molecule has 0 unspecified atom stereocenters.